The van der Waals surface area contributed by atoms with Crippen molar-refractivity contribution in [3.05, 3.63) is 22.4 Å². The highest BCUT2D eigenvalue weighted by atomic mass is 127. The van der Waals surface area contributed by atoms with Gasteiger partial charge < -0.3 is 0 Å². The van der Waals surface area contributed by atoms with Crippen molar-refractivity contribution in [2.24, 2.45) is 0 Å². The largest absolute Gasteiger partial charge is 0.250 e. The summed E-state index contributed by atoms with van der Waals surface area (Å²) < 4.78 is 0.690. The van der Waals surface area contributed by atoms with Gasteiger partial charge in [-0.3, -0.25) is 0 Å². The van der Waals surface area contributed by atoms with Crippen LogP contribution < -0.4 is 0 Å². The molecule has 11 heavy (non-hydrogen) atoms. The predicted molar refractivity (Wildman–Crippen MR) is 47.8 cm³/mol. The Morgan fingerprint density at radius 2 is 1.91 bits per heavy atom. The van der Waals surface area contributed by atoms with Crippen LogP contribution in [0.2, 0.25) is 0 Å². The summed E-state index contributed by atoms with van der Waals surface area (Å²) in [5.74, 6) is 0. The molecule has 0 aliphatic heterocycles. The smallest absolute Gasteiger partial charge is 0.192 e. The van der Waals surface area contributed by atoms with Gasteiger partial charge in [0.15, 0.2) is 9.48 Å². The second kappa shape index (κ2) is 2.65. The maximum atomic E-state index is 4.08. The third-order valence-electron chi connectivity index (χ3n) is 1.20. The molecule has 54 valence electrons. The van der Waals surface area contributed by atoms with E-state index in [0.717, 1.165) is 5.52 Å². The average molecular weight is 258 g/mol. The van der Waals surface area contributed by atoms with Crippen LogP contribution in [-0.4, -0.2) is 19.9 Å². The summed E-state index contributed by atoms with van der Waals surface area (Å²) in [6.07, 6.45) is 4.90. The molecule has 0 N–H and O–H groups in total. The molecule has 0 spiro atoms. The minimum absolute atomic E-state index is 0.645. The summed E-state index contributed by atoms with van der Waals surface area (Å²) in [7, 11) is 0. The van der Waals surface area contributed by atoms with Crippen molar-refractivity contribution in [1.29, 1.82) is 0 Å². The van der Waals surface area contributed by atoms with Gasteiger partial charge in [-0.15, -0.1) is 0 Å². The van der Waals surface area contributed by atoms with Gasteiger partial charge in [-0.1, -0.05) is 0 Å². The minimum Gasteiger partial charge on any atom is -0.250 e. The van der Waals surface area contributed by atoms with Crippen LogP contribution in [0.3, 0.4) is 0 Å². The zero-order valence-electron chi connectivity index (χ0n) is 5.40. The van der Waals surface area contributed by atoms with Crippen molar-refractivity contribution in [3.63, 3.8) is 0 Å². The van der Waals surface area contributed by atoms with Crippen LogP contribution in [0.25, 0.3) is 11.2 Å². The Labute approximate surface area is 76.3 Å². The van der Waals surface area contributed by atoms with Crippen molar-refractivity contribution in [2.45, 2.75) is 0 Å². The van der Waals surface area contributed by atoms with Crippen molar-refractivity contribution < 1.29 is 0 Å². The van der Waals surface area contributed by atoms with Crippen LogP contribution in [0, 0.1) is 3.83 Å². The molecule has 0 atom stereocenters. The Morgan fingerprint density at radius 1 is 1.09 bits per heavy atom. The SMILES string of the molecule is Ic1ncc2nccnc2n1. The van der Waals surface area contributed by atoms with E-state index in [2.05, 4.69) is 19.9 Å². The van der Waals surface area contributed by atoms with E-state index < -0.39 is 0 Å². The molecule has 5 heteroatoms. The lowest BCUT2D eigenvalue weighted by molar-refractivity contribution is 1.10. The topological polar surface area (TPSA) is 51.6 Å². The first-order valence-electron chi connectivity index (χ1n) is 2.95. The standard InChI is InChI=1S/C6H3IN4/c7-6-10-3-4-5(11-6)9-2-1-8-4/h1-3H. The van der Waals surface area contributed by atoms with Gasteiger partial charge in [0.05, 0.1) is 6.20 Å². The van der Waals surface area contributed by atoms with E-state index in [1.54, 1.807) is 18.6 Å². The van der Waals surface area contributed by atoms with Crippen LogP contribution in [0.15, 0.2) is 18.6 Å². The summed E-state index contributed by atoms with van der Waals surface area (Å²) in [6, 6.07) is 0. The lowest BCUT2D eigenvalue weighted by atomic mass is 10.5. The van der Waals surface area contributed by atoms with Crippen molar-refractivity contribution >= 4 is 33.8 Å². The fourth-order valence-corrected chi connectivity index (χ4v) is 1.12. The van der Waals surface area contributed by atoms with Crippen molar-refractivity contribution in [3.8, 4) is 0 Å². The molecule has 0 aliphatic rings. The van der Waals surface area contributed by atoms with Gasteiger partial charge in [-0.25, -0.2) is 19.9 Å². The first kappa shape index (κ1) is 6.84. The second-order valence-electron chi connectivity index (χ2n) is 1.90. The van der Waals surface area contributed by atoms with Gasteiger partial charge in [0.2, 0.25) is 0 Å². The normalized spacial score (nSPS) is 10.3. The van der Waals surface area contributed by atoms with Gasteiger partial charge in [-0.2, -0.15) is 0 Å². The van der Waals surface area contributed by atoms with E-state index in [-0.39, 0.29) is 0 Å². The molecule has 0 aliphatic carbocycles. The molecule has 0 bridgehead atoms. The highest BCUT2D eigenvalue weighted by Crippen LogP contribution is 2.03. The number of hydrogen-bond acceptors (Lipinski definition) is 4. The molecule has 0 saturated heterocycles. The Bertz CT molecular complexity index is 389. The molecule has 0 aromatic carbocycles. The Morgan fingerprint density at radius 3 is 2.82 bits per heavy atom. The number of hydrogen-bond donors (Lipinski definition) is 0. The molecule has 0 unspecified atom stereocenters. The number of halogens is 1. The maximum absolute atomic E-state index is 4.08. The molecular weight excluding hydrogens is 255 g/mol. The molecule has 4 nitrogen and oxygen atoms in total. The van der Waals surface area contributed by atoms with Crippen LogP contribution in [0.5, 0.6) is 0 Å². The van der Waals surface area contributed by atoms with E-state index in [1.807, 2.05) is 22.6 Å². The van der Waals surface area contributed by atoms with Gasteiger partial charge in [-0.05, 0) is 0 Å². The highest BCUT2D eigenvalue weighted by molar-refractivity contribution is 14.1. The quantitative estimate of drug-likeness (QED) is 0.523. The second-order valence-corrected chi connectivity index (χ2v) is 2.87. The molecule has 2 rings (SSSR count). The molecule has 2 heterocycles. The first-order chi connectivity index (χ1) is 5.36. The monoisotopic (exact) mass is 258 g/mol. The molecule has 0 fully saturated rings. The fraction of sp³-hybridized carbons (Fsp3) is 0. The Kier molecular flexibility index (Phi) is 1.65. The molecule has 0 saturated carbocycles. The highest BCUT2D eigenvalue weighted by Gasteiger charge is 1.96. The molecule has 0 amide bonds. The average Bonchev–Trinajstić information content (AvgIpc) is 2.04. The number of rotatable bonds is 0. The zero-order chi connectivity index (χ0) is 7.68. The summed E-state index contributed by atoms with van der Waals surface area (Å²) in [4.78, 5) is 16.1. The molecule has 2 aromatic heterocycles. The maximum Gasteiger partial charge on any atom is 0.192 e. The lowest BCUT2D eigenvalue weighted by Gasteiger charge is -1.92. The predicted octanol–water partition coefficient (Wildman–Crippen LogP) is 1.02. The van der Waals surface area contributed by atoms with Gasteiger partial charge >= 0.3 is 0 Å². The Hall–Kier alpha value is -0.850. The van der Waals surface area contributed by atoms with E-state index in [1.165, 1.54) is 0 Å². The number of fused-ring (bicyclic) bond motifs is 1. The number of aromatic nitrogens is 4. The van der Waals surface area contributed by atoms with E-state index >= 15 is 0 Å². The molecule has 2 aromatic rings. The summed E-state index contributed by atoms with van der Waals surface area (Å²) in [5.41, 5.74) is 1.37. The third kappa shape index (κ3) is 1.28. The van der Waals surface area contributed by atoms with Crippen LogP contribution in [-0.2, 0) is 0 Å². The van der Waals surface area contributed by atoms with E-state index in [9.17, 15) is 0 Å². The van der Waals surface area contributed by atoms with Gasteiger partial charge in [0.25, 0.3) is 0 Å². The lowest BCUT2D eigenvalue weighted by Crippen LogP contribution is -1.91. The summed E-state index contributed by atoms with van der Waals surface area (Å²) in [5, 5.41) is 0. The zero-order valence-corrected chi connectivity index (χ0v) is 7.56. The van der Waals surface area contributed by atoms with Gasteiger partial charge in [0, 0.05) is 35.0 Å². The first-order valence-corrected chi connectivity index (χ1v) is 4.03. The van der Waals surface area contributed by atoms with Crippen molar-refractivity contribution in [1.82, 2.24) is 19.9 Å². The molecule has 0 radical (unpaired) electrons. The van der Waals surface area contributed by atoms with Crippen molar-refractivity contribution in [2.75, 3.05) is 0 Å². The van der Waals surface area contributed by atoms with Gasteiger partial charge in [0.1, 0.15) is 5.52 Å². The van der Waals surface area contributed by atoms with Crippen LogP contribution in [0.4, 0.5) is 0 Å². The molecular formula is C6H3IN4. The summed E-state index contributed by atoms with van der Waals surface area (Å²) >= 11 is 2.04. The van der Waals surface area contributed by atoms with E-state index in [0.29, 0.717) is 9.48 Å². The number of nitrogens with zero attached hydrogens (tertiary/aromatic N) is 4. The summed E-state index contributed by atoms with van der Waals surface area (Å²) in [6.45, 7) is 0. The third-order valence-corrected chi connectivity index (χ3v) is 1.72. The van der Waals surface area contributed by atoms with E-state index in [4.69, 9.17) is 0 Å². The fourth-order valence-electron chi connectivity index (χ4n) is 0.749. The Balaban J connectivity index is 2.83. The van der Waals surface area contributed by atoms with Crippen LogP contribution >= 0.6 is 22.6 Å². The minimum atomic E-state index is 0.645. The van der Waals surface area contributed by atoms with Crippen LogP contribution in [0.1, 0.15) is 0 Å².